The smallest absolute Gasteiger partial charge is 0.167 e. The van der Waals surface area contributed by atoms with Gasteiger partial charge in [-0.2, -0.15) is 0 Å². The summed E-state index contributed by atoms with van der Waals surface area (Å²) in [4.78, 5) is 0. The molecule has 0 radical (unpaired) electrons. The lowest BCUT2D eigenvalue weighted by molar-refractivity contribution is 0.259. The molecule has 0 saturated heterocycles. The van der Waals surface area contributed by atoms with E-state index in [1.807, 2.05) is 18.2 Å². The summed E-state index contributed by atoms with van der Waals surface area (Å²) < 4.78 is 17.3. The Morgan fingerprint density at radius 3 is 2.11 bits per heavy atom. The lowest BCUT2D eigenvalue weighted by Crippen LogP contribution is -2.03. The van der Waals surface area contributed by atoms with Crippen molar-refractivity contribution in [1.29, 1.82) is 0 Å². The summed E-state index contributed by atoms with van der Waals surface area (Å²) >= 11 is 0. The van der Waals surface area contributed by atoms with Crippen LogP contribution in [0.2, 0.25) is 0 Å². The molecule has 1 aromatic heterocycles. The van der Waals surface area contributed by atoms with Crippen LogP contribution in [0.15, 0.2) is 28.8 Å². The summed E-state index contributed by atoms with van der Waals surface area (Å²) in [6, 6.07) is 7.54. The maximum absolute atomic E-state index is 9.17. The number of aliphatic hydroxyl groups excluding tert-OH is 1. The van der Waals surface area contributed by atoms with Gasteiger partial charge in [-0.15, -0.1) is 0 Å². The molecule has 0 saturated carbocycles. The maximum atomic E-state index is 9.17. The summed E-state index contributed by atoms with van der Waals surface area (Å²) in [5, 5.41) is 13.0. The Labute approximate surface area is 162 Å². The van der Waals surface area contributed by atoms with Crippen molar-refractivity contribution in [3.63, 3.8) is 0 Å². The molecule has 0 unspecified atom stereocenters. The molecular formula is C22H33NO4. The zero-order valence-corrected chi connectivity index (χ0v) is 16.7. The molecule has 5 nitrogen and oxygen atoms in total. The highest BCUT2D eigenvalue weighted by molar-refractivity contribution is 5.62. The molecule has 0 fully saturated rings. The Morgan fingerprint density at radius 2 is 1.52 bits per heavy atom. The highest BCUT2D eigenvalue weighted by Crippen LogP contribution is 2.33. The molecule has 0 aliphatic heterocycles. The minimum absolute atomic E-state index is 0.136. The third-order valence-electron chi connectivity index (χ3n) is 4.46. The molecule has 0 aliphatic carbocycles. The number of aliphatic hydroxyl groups is 1. The highest BCUT2D eigenvalue weighted by atomic mass is 16.5. The van der Waals surface area contributed by atoms with Crippen molar-refractivity contribution < 1.29 is 19.1 Å². The zero-order valence-electron chi connectivity index (χ0n) is 16.7. The van der Waals surface area contributed by atoms with Crippen molar-refractivity contribution in [2.45, 2.75) is 71.8 Å². The summed E-state index contributed by atoms with van der Waals surface area (Å²) in [7, 11) is 0. The predicted molar refractivity (Wildman–Crippen MR) is 107 cm³/mol. The first-order chi connectivity index (χ1) is 13.3. The number of hydrogen-bond donors (Lipinski definition) is 1. The number of rotatable bonds is 14. The van der Waals surface area contributed by atoms with Gasteiger partial charge in [0.15, 0.2) is 17.3 Å². The Morgan fingerprint density at radius 1 is 0.852 bits per heavy atom. The van der Waals surface area contributed by atoms with E-state index in [1.54, 1.807) is 6.07 Å². The van der Waals surface area contributed by atoms with E-state index in [1.165, 1.54) is 38.5 Å². The van der Waals surface area contributed by atoms with Crippen molar-refractivity contribution in [3.05, 3.63) is 30.0 Å². The van der Waals surface area contributed by atoms with E-state index in [0.29, 0.717) is 24.7 Å². The topological polar surface area (TPSA) is 64.7 Å². The number of hydrogen-bond acceptors (Lipinski definition) is 5. The van der Waals surface area contributed by atoms with Crippen LogP contribution in [0.25, 0.3) is 11.3 Å². The predicted octanol–water partition coefficient (Wildman–Crippen LogP) is 5.75. The van der Waals surface area contributed by atoms with Crippen LogP contribution in [0.5, 0.6) is 11.5 Å². The third kappa shape index (κ3) is 7.25. The molecule has 150 valence electrons. The van der Waals surface area contributed by atoms with E-state index in [0.717, 1.165) is 29.9 Å². The maximum Gasteiger partial charge on any atom is 0.167 e. The van der Waals surface area contributed by atoms with E-state index in [4.69, 9.17) is 14.0 Å². The molecule has 27 heavy (non-hydrogen) atoms. The van der Waals surface area contributed by atoms with Crippen molar-refractivity contribution in [3.8, 4) is 22.8 Å². The quantitative estimate of drug-likeness (QED) is 0.426. The Balaban J connectivity index is 2.03. The van der Waals surface area contributed by atoms with Crippen LogP contribution >= 0.6 is 0 Å². The first-order valence-corrected chi connectivity index (χ1v) is 10.2. The van der Waals surface area contributed by atoms with Gasteiger partial charge in [0, 0.05) is 11.6 Å². The number of benzene rings is 1. The van der Waals surface area contributed by atoms with Crippen LogP contribution in [-0.2, 0) is 6.61 Å². The second-order valence-corrected chi connectivity index (χ2v) is 6.82. The van der Waals surface area contributed by atoms with Gasteiger partial charge in [0.1, 0.15) is 5.69 Å². The van der Waals surface area contributed by atoms with Gasteiger partial charge in [-0.05, 0) is 31.0 Å². The van der Waals surface area contributed by atoms with E-state index in [2.05, 4.69) is 19.0 Å². The fraction of sp³-hybridized carbons (Fsp3) is 0.591. The minimum Gasteiger partial charge on any atom is -0.490 e. The number of ether oxygens (including phenoxy) is 2. The molecule has 0 bridgehead atoms. The lowest BCUT2D eigenvalue weighted by Gasteiger charge is -2.14. The molecule has 5 heteroatoms. The standard InChI is InChI=1S/C22H33NO4/c1-3-5-7-9-13-25-20-12-11-18(21-16-19(17-24)23-27-21)15-22(20)26-14-10-8-6-4-2/h11-12,15-16,24H,3-10,13-14,17H2,1-2H3. The fourth-order valence-electron chi connectivity index (χ4n) is 2.84. The Bertz CT molecular complexity index is 654. The fourth-order valence-corrected chi connectivity index (χ4v) is 2.84. The normalized spacial score (nSPS) is 10.9. The molecule has 1 heterocycles. The van der Waals surface area contributed by atoms with Crippen LogP contribution in [-0.4, -0.2) is 23.5 Å². The minimum atomic E-state index is -0.136. The molecule has 0 amide bonds. The summed E-state index contributed by atoms with van der Waals surface area (Å²) in [6.07, 6.45) is 9.33. The van der Waals surface area contributed by atoms with Crippen LogP contribution in [0.1, 0.15) is 70.9 Å². The van der Waals surface area contributed by atoms with Gasteiger partial charge in [-0.25, -0.2) is 0 Å². The summed E-state index contributed by atoms with van der Waals surface area (Å²) in [5.74, 6) is 2.12. The van der Waals surface area contributed by atoms with E-state index in [9.17, 15) is 5.11 Å². The second-order valence-electron chi connectivity index (χ2n) is 6.82. The van der Waals surface area contributed by atoms with Crippen LogP contribution in [0.3, 0.4) is 0 Å². The number of aromatic nitrogens is 1. The van der Waals surface area contributed by atoms with Crippen LogP contribution in [0.4, 0.5) is 0 Å². The first-order valence-electron chi connectivity index (χ1n) is 10.2. The average molecular weight is 376 g/mol. The third-order valence-corrected chi connectivity index (χ3v) is 4.46. The monoisotopic (exact) mass is 375 g/mol. The number of unbranched alkanes of at least 4 members (excludes halogenated alkanes) is 6. The highest BCUT2D eigenvalue weighted by Gasteiger charge is 2.12. The van der Waals surface area contributed by atoms with E-state index in [-0.39, 0.29) is 6.61 Å². The molecule has 0 aliphatic rings. The molecule has 1 aromatic carbocycles. The van der Waals surface area contributed by atoms with Gasteiger partial charge in [0.05, 0.1) is 19.8 Å². The van der Waals surface area contributed by atoms with Crippen molar-refractivity contribution in [2.24, 2.45) is 0 Å². The number of nitrogens with zero attached hydrogens (tertiary/aromatic N) is 1. The second kappa shape index (κ2) is 12.4. The molecular weight excluding hydrogens is 342 g/mol. The molecule has 0 atom stereocenters. The largest absolute Gasteiger partial charge is 0.490 e. The van der Waals surface area contributed by atoms with Gasteiger partial charge < -0.3 is 19.1 Å². The average Bonchev–Trinajstić information content (AvgIpc) is 3.17. The van der Waals surface area contributed by atoms with Crippen LogP contribution < -0.4 is 9.47 Å². The SMILES string of the molecule is CCCCCCOc1ccc(-c2cc(CO)no2)cc1OCCCCCC. The van der Waals surface area contributed by atoms with Gasteiger partial charge in [-0.1, -0.05) is 57.5 Å². The van der Waals surface area contributed by atoms with E-state index < -0.39 is 0 Å². The van der Waals surface area contributed by atoms with Gasteiger partial charge >= 0.3 is 0 Å². The van der Waals surface area contributed by atoms with Crippen molar-refractivity contribution in [1.82, 2.24) is 5.16 Å². The lowest BCUT2D eigenvalue weighted by atomic mass is 10.1. The summed E-state index contributed by atoms with van der Waals surface area (Å²) in [5.41, 5.74) is 1.38. The van der Waals surface area contributed by atoms with Crippen molar-refractivity contribution >= 4 is 0 Å². The van der Waals surface area contributed by atoms with Gasteiger partial charge in [0.25, 0.3) is 0 Å². The zero-order chi connectivity index (χ0) is 19.3. The molecule has 2 rings (SSSR count). The molecule has 0 spiro atoms. The van der Waals surface area contributed by atoms with Crippen LogP contribution in [0, 0.1) is 0 Å². The Hall–Kier alpha value is -2.01. The molecule has 1 N–H and O–H groups in total. The molecule has 2 aromatic rings. The van der Waals surface area contributed by atoms with Gasteiger partial charge in [0.2, 0.25) is 0 Å². The van der Waals surface area contributed by atoms with Gasteiger partial charge in [-0.3, -0.25) is 0 Å². The van der Waals surface area contributed by atoms with E-state index >= 15 is 0 Å². The summed E-state index contributed by atoms with van der Waals surface area (Å²) in [6.45, 7) is 5.64. The Kier molecular flexibility index (Phi) is 9.77. The first kappa shape index (κ1) is 21.3. The van der Waals surface area contributed by atoms with Crippen molar-refractivity contribution in [2.75, 3.05) is 13.2 Å².